The first kappa shape index (κ1) is 25.9. The van der Waals surface area contributed by atoms with E-state index in [0.29, 0.717) is 17.4 Å². The van der Waals surface area contributed by atoms with Crippen LogP contribution in [0.2, 0.25) is 0 Å². The summed E-state index contributed by atoms with van der Waals surface area (Å²) >= 11 is 0. The van der Waals surface area contributed by atoms with Crippen molar-refractivity contribution < 1.29 is 19.2 Å². The van der Waals surface area contributed by atoms with Crippen LogP contribution in [0.3, 0.4) is 0 Å². The van der Waals surface area contributed by atoms with Crippen molar-refractivity contribution in [3.8, 4) is 0 Å². The predicted molar refractivity (Wildman–Crippen MR) is 132 cm³/mol. The molecule has 0 aliphatic heterocycles. The second-order valence-corrected chi connectivity index (χ2v) is 9.95. The first-order valence-corrected chi connectivity index (χ1v) is 12.0. The molecule has 1 amide bonds. The molecule has 2 aromatic rings. The predicted octanol–water partition coefficient (Wildman–Crippen LogP) is 5.17. The van der Waals surface area contributed by atoms with Gasteiger partial charge in [-0.2, -0.15) is 0 Å². The summed E-state index contributed by atoms with van der Waals surface area (Å²) in [6.45, 7) is 0.608. The molecule has 0 fully saturated rings. The van der Waals surface area contributed by atoms with E-state index < -0.39 is 5.97 Å². The van der Waals surface area contributed by atoms with Crippen LogP contribution in [0.5, 0.6) is 0 Å². The third-order valence-corrected chi connectivity index (χ3v) is 5.78. The zero-order valence-electron chi connectivity index (χ0n) is 20.1. The number of fused-ring (bicyclic) bond motifs is 1. The van der Waals surface area contributed by atoms with Gasteiger partial charge >= 0.3 is 5.97 Å². The maximum Gasteiger partial charge on any atom is 0.305 e. The molecule has 0 saturated heterocycles. The van der Waals surface area contributed by atoms with Crippen LogP contribution in [0.1, 0.15) is 63.4 Å². The molecule has 0 spiro atoms. The van der Waals surface area contributed by atoms with Crippen molar-refractivity contribution >= 4 is 22.6 Å². The molecule has 176 valence electrons. The van der Waals surface area contributed by atoms with Crippen LogP contribution in [0.4, 0.5) is 0 Å². The van der Waals surface area contributed by atoms with Crippen LogP contribution in [-0.2, 0) is 16.0 Å². The van der Waals surface area contributed by atoms with E-state index >= 15 is 0 Å². The fourth-order valence-corrected chi connectivity index (χ4v) is 4.33. The van der Waals surface area contributed by atoms with Crippen LogP contribution in [0.25, 0.3) is 10.8 Å². The first-order chi connectivity index (χ1) is 15.2. The quantitative estimate of drug-likeness (QED) is 0.296. The molecule has 0 aliphatic rings. The van der Waals surface area contributed by atoms with E-state index in [1.807, 2.05) is 21.1 Å². The Morgan fingerprint density at radius 2 is 1.50 bits per heavy atom. The first-order valence-electron chi connectivity index (χ1n) is 12.0. The highest BCUT2D eigenvalue weighted by atomic mass is 16.4. The molecule has 0 aromatic heterocycles. The lowest BCUT2D eigenvalue weighted by Crippen LogP contribution is -2.49. The molecule has 1 atom stereocenters. The minimum absolute atomic E-state index is 0.0277. The number of quaternary nitrogens is 1. The summed E-state index contributed by atoms with van der Waals surface area (Å²) < 4.78 is 0.624. The summed E-state index contributed by atoms with van der Waals surface area (Å²) in [7, 11) is 6.01. The molecule has 0 radical (unpaired) electrons. The van der Waals surface area contributed by atoms with Crippen LogP contribution < -0.4 is 5.32 Å². The Hall–Kier alpha value is -2.40. The Morgan fingerprint density at radius 3 is 2.19 bits per heavy atom. The fraction of sp³-hybridized carbons (Fsp3) is 0.556. The molecule has 0 heterocycles. The van der Waals surface area contributed by atoms with Crippen molar-refractivity contribution in [2.75, 3.05) is 27.7 Å². The van der Waals surface area contributed by atoms with Gasteiger partial charge in [-0.1, -0.05) is 74.6 Å². The molecule has 0 aliphatic carbocycles. The van der Waals surface area contributed by atoms with Crippen molar-refractivity contribution in [2.24, 2.45) is 0 Å². The van der Waals surface area contributed by atoms with Crippen molar-refractivity contribution in [1.29, 1.82) is 0 Å². The molecule has 2 aromatic carbocycles. The van der Waals surface area contributed by atoms with E-state index in [1.165, 1.54) is 42.0 Å². The Balaban J connectivity index is 1.55. The van der Waals surface area contributed by atoms with Gasteiger partial charge < -0.3 is 14.9 Å². The van der Waals surface area contributed by atoms with Gasteiger partial charge in [-0.05, 0) is 35.6 Å². The molecule has 5 nitrogen and oxygen atoms in total. The van der Waals surface area contributed by atoms with Gasteiger partial charge in [0.05, 0.1) is 40.2 Å². The Bertz CT molecular complexity index is 852. The normalized spacial score (nSPS) is 12.6. The molecule has 5 heteroatoms. The number of aliphatic carboxylic acids is 1. The Morgan fingerprint density at radius 1 is 0.875 bits per heavy atom. The van der Waals surface area contributed by atoms with Gasteiger partial charge in [0.2, 0.25) is 5.91 Å². The summed E-state index contributed by atoms with van der Waals surface area (Å²) in [5.74, 6) is -0.899. The summed E-state index contributed by atoms with van der Waals surface area (Å²) in [5, 5.41) is 14.7. The number of hydrogen-bond donors (Lipinski definition) is 2. The average molecular weight is 442 g/mol. The molecular weight excluding hydrogens is 400 g/mol. The number of aryl methyl sites for hydroxylation is 1. The molecule has 0 bridgehead atoms. The number of benzene rings is 2. The van der Waals surface area contributed by atoms with Crippen molar-refractivity contribution in [3.63, 3.8) is 0 Å². The number of likely N-dealkylation sites (N-methyl/N-ethyl adjacent to an activating group) is 1. The third kappa shape index (κ3) is 10.3. The van der Waals surface area contributed by atoms with E-state index in [0.717, 1.165) is 25.7 Å². The van der Waals surface area contributed by atoms with Gasteiger partial charge in [-0.15, -0.1) is 0 Å². The number of carboxylic acids is 1. The second-order valence-electron chi connectivity index (χ2n) is 9.95. The SMILES string of the molecule is C[N+](C)(C)C[C@@H](CC(=O)O)NC(=O)CCCCCCCCCc1cccc2ccccc12. The number of carbonyl (C=O) groups is 2. The number of unbranched alkanes of at least 4 members (excludes halogenated alkanes) is 6. The number of nitrogens with one attached hydrogen (secondary N) is 1. The lowest BCUT2D eigenvalue weighted by atomic mass is 9.99. The van der Waals surface area contributed by atoms with Gasteiger partial charge in [0, 0.05) is 6.42 Å². The standard InChI is InChI=1S/C27H40N2O3/c1-29(2,3)21-24(20-27(31)32)28-26(30)19-10-8-6-4-5-7-9-14-22-16-13-17-23-15-11-12-18-25(22)23/h11-13,15-18,24H,4-10,14,19-21H2,1-3H3,(H-,28,30,31,32)/p+1/t24-/m1/s1. The number of nitrogens with zero attached hydrogens (tertiary/aromatic N) is 1. The van der Waals surface area contributed by atoms with Crippen LogP contribution in [0, 0.1) is 0 Å². The largest absolute Gasteiger partial charge is 0.481 e. The topological polar surface area (TPSA) is 66.4 Å². The minimum atomic E-state index is -0.871. The van der Waals surface area contributed by atoms with Gasteiger partial charge in [0.1, 0.15) is 0 Å². The summed E-state index contributed by atoms with van der Waals surface area (Å²) in [4.78, 5) is 23.3. The number of rotatable bonds is 15. The van der Waals surface area contributed by atoms with E-state index in [4.69, 9.17) is 5.11 Å². The lowest BCUT2D eigenvalue weighted by Gasteiger charge is -2.29. The van der Waals surface area contributed by atoms with E-state index in [-0.39, 0.29) is 18.4 Å². The van der Waals surface area contributed by atoms with Crippen LogP contribution in [0.15, 0.2) is 42.5 Å². The second kappa shape index (κ2) is 13.2. The number of amides is 1. The highest BCUT2D eigenvalue weighted by Crippen LogP contribution is 2.20. The maximum absolute atomic E-state index is 12.2. The van der Waals surface area contributed by atoms with Crippen LogP contribution >= 0.6 is 0 Å². The van der Waals surface area contributed by atoms with E-state index in [2.05, 4.69) is 47.8 Å². The molecule has 32 heavy (non-hydrogen) atoms. The molecule has 2 N–H and O–H groups in total. The number of carboxylic acid groups (broad SMARTS) is 1. The maximum atomic E-state index is 12.2. The van der Waals surface area contributed by atoms with Crippen LogP contribution in [-0.4, -0.2) is 55.2 Å². The van der Waals surface area contributed by atoms with Crippen molar-refractivity contribution in [1.82, 2.24) is 5.32 Å². The number of carbonyl (C=O) groups excluding carboxylic acids is 1. The zero-order valence-corrected chi connectivity index (χ0v) is 20.1. The molecule has 2 rings (SSSR count). The van der Waals surface area contributed by atoms with Gasteiger partial charge in [-0.3, -0.25) is 9.59 Å². The fourth-order valence-electron chi connectivity index (χ4n) is 4.33. The van der Waals surface area contributed by atoms with Crippen molar-refractivity contribution in [2.45, 2.75) is 70.3 Å². The third-order valence-electron chi connectivity index (χ3n) is 5.78. The summed E-state index contributed by atoms with van der Waals surface area (Å²) in [5.41, 5.74) is 1.44. The Kier molecular flexibility index (Phi) is 10.7. The number of hydrogen-bond acceptors (Lipinski definition) is 2. The summed E-state index contributed by atoms with van der Waals surface area (Å²) in [6, 6.07) is 14.9. The highest BCUT2D eigenvalue weighted by molar-refractivity contribution is 5.85. The smallest absolute Gasteiger partial charge is 0.305 e. The lowest BCUT2D eigenvalue weighted by molar-refractivity contribution is -0.871. The van der Waals surface area contributed by atoms with Crippen molar-refractivity contribution in [3.05, 3.63) is 48.0 Å². The molecule has 0 unspecified atom stereocenters. The summed E-state index contributed by atoms with van der Waals surface area (Å²) in [6.07, 6.45) is 9.56. The van der Waals surface area contributed by atoms with Gasteiger partial charge in [0.15, 0.2) is 0 Å². The zero-order chi connectivity index (χ0) is 23.4. The minimum Gasteiger partial charge on any atom is -0.481 e. The van der Waals surface area contributed by atoms with Gasteiger partial charge in [-0.25, -0.2) is 0 Å². The average Bonchev–Trinajstić information content (AvgIpc) is 2.70. The van der Waals surface area contributed by atoms with Gasteiger partial charge in [0.25, 0.3) is 0 Å². The van der Waals surface area contributed by atoms with E-state index in [1.54, 1.807) is 0 Å². The Labute approximate surface area is 193 Å². The van der Waals surface area contributed by atoms with E-state index in [9.17, 15) is 9.59 Å². The highest BCUT2D eigenvalue weighted by Gasteiger charge is 2.22. The molecular formula is C27H41N2O3+. The monoisotopic (exact) mass is 441 g/mol. The molecule has 0 saturated carbocycles.